The summed E-state index contributed by atoms with van der Waals surface area (Å²) in [6, 6.07) is 5.68. The van der Waals surface area contributed by atoms with Gasteiger partial charge in [-0.3, -0.25) is 4.79 Å². The van der Waals surface area contributed by atoms with E-state index in [1.54, 1.807) is 31.3 Å². The van der Waals surface area contributed by atoms with Crippen molar-refractivity contribution in [1.82, 2.24) is 24.2 Å². The number of sulfonamides is 1. The third-order valence-corrected chi connectivity index (χ3v) is 6.25. The molecule has 1 amide bonds. The van der Waals surface area contributed by atoms with E-state index in [1.165, 1.54) is 33.8 Å². The predicted octanol–water partition coefficient (Wildman–Crippen LogP) is 0.869. The number of carbonyl (C=O) groups is 1. The largest absolute Gasteiger partial charge is 0.355 e. The molecule has 2 bridgehead atoms. The molecule has 2 aromatic heterocycles. The molecule has 9 nitrogen and oxygen atoms in total. The van der Waals surface area contributed by atoms with E-state index in [9.17, 15) is 17.6 Å². The summed E-state index contributed by atoms with van der Waals surface area (Å²) >= 11 is 0. The fraction of sp³-hybridized carbons (Fsp3) is 0.278. The maximum absolute atomic E-state index is 13.9. The number of likely N-dealkylation sites (N-methyl/N-ethyl adjacent to an activating group) is 1. The average molecular weight is 418 g/mol. The minimum Gasteiger partial charge on any atom is -0.355 e. The van der Waals surface area contributed by atoms with E-state index in [4.69, 9.17) is 0 Å². The molecule has 0 saturated carbocycles. The third-order valence-electron chi connectivity index (χ3n) is 4.79. The van der Waals surface area contributed by atoms with Crippen LogP contribution in [0.1, 0.15) is 15.9 Å². The SMILES string of the molecule is CN1CCNS(=O)(=O)c2cnn3ccc(nc23)N(C)Cc2cc(F)ccc2C1=O. The Hall–Kier alpha value is -3.05. The van der Waals surface area contributed by atoms with E-state index in [0.29, 0.717) is 16.9 Å². The molecule has 0 spiro atoms. The van der Waals surface area contributed by atoms with E-state index in [-0.39, 0.29) is 36.1 Å². The molecule has 29 heavy (non-hydrogen) atoms. The molecule has 0 unspecified atom stereocenters. The molecular formula is C18H19FN6O3S. The molecule has 0 atom stereocenters. The number of carbonyl (C=O) groups excluding carboxylic acids is 1. The molecule has 1 N–H and O–H groups in total. The Balaban J connectivity index is 1.87. The second-order valence-electron chi connectivity index (χ2n) is 6.84. The number of nitrogens with one attached hydrogen (secondary N) is 1. The van der Waals surface area contributed by atoms with Gasteiger partial charge in [-0.1, -0.05) is 0 Å². The van der Waals surface area contributed by atoms with Crippen LogP contribution in [0.15, 0.2) is 41.6 Å². The molecule has 0 radical (unpaired) electrons. The second kappa shape index (κ2) is 7.08. The van der Waals surface area contributed by atoms with Crippen LogP contribution in [-0.4, -0.2) is 61.0 Å². The van der Waals surface area contributed by atoms with E-state index in [2.05, 4.69) is 14.8 Å². The number of fused-ring (bicyclic) bond motifs is 2. The van der Waals surface area contributed by atoms with Gasteiger partial charge in [0.25, 0.3) is 5.91 Å². The first kappa shape index (κ1) is 19.3. The van der Waals surface area contributed by atoms with E-state index in [0.717, 1.165) is 0 Å². The van der Waals surface area contributed by atoms with Crippen molar-refractivity contribution >= 4 is 27.4 Å². The number of amides is 1. The lowest BCUT2D eigenvalue weighted by Crippen LogP contribution is -2.37. The fourth-order valence-corrected chi connectivity index (χ4v) is 4.29. The van der Waals surface area contributed by atoms with Crippen LogP contribution in [0.25, 0.3) is 5.65 Å². The molecule has 0 aliphatic carbocycles. The topological polar surface area (TPSA) is 99.9 Å². The van der Waals surface area contributed by atoms with Crippen LogP contribution in [0.4, 0.5) is 10.2 Å². The zero-order valence-electron chi connectivity index (χ0n) is 15.8. The Morgan fingerprint density at radius 3 is 2.76 bits per heavy atom. The van der Waals surface area contributed by atoms with Gasteiger partial charge in [-0.2, -0.15) is 5.10 Å². The Morgan fingerprint density at radius 1 is 1.17 bits per heavy atom. The number of rotatable bonds is 0. The standard InChI is InChI=1S/C18H19FN6O3S/c1-23-8-6-21-29(27,28)15-10-20-25-7-5-16(22-17(15)25)24(2)11-12-9-13(19)3-4-14(12)18(23)26/h3-5,7,9-10,21H,6,8,11H2,1-2H3. The first-order chi connectivity index (χ1) is 13.8. The second-order valence-corrected chi connectivity index (χ2v) is 8.58. The summed E-state index contributed by atoms with van der Waals surface area (Å²) in [5.41, 5.74) is 1.05. The van der Waals surface area contributed by atoms with Gasteiger partial charge in [-0.15, -0.1) is 0 Å². The van der Waals surface area contributed by atoms with E-state index < -0.39 is 15.8 Å². The first-order valence-electron chi connectivity index (χ1n) is 8.85. The quantitative estimate of drug-likeness (QED) is 0.582. The van der Waals surface area contributed by atoms with Gasteiger partial charge in [-0.05, 0) is 29.8 Å². The molecule has 1 aromatic carbocycles. The highest BCUT2D eigenvalue weighted by Crippen LogP contribution is 2.22. The van der Waals surface area contributed by atoms with Gasteiger partial charge >= 0.3 is 0 Å². The van der Waals surface area contributed by atoms with Crippen LogP contribution < -0.4 is 9.62 Å². The monoisotopic (exact) mass is 418 g/mol. The fourth-order valence-electron chi connectivity index (χ4n) is 3.21. The molecule has 1 aliphatic rings. The molecule has 0 fully saturated rings. The number of benzene rings is 1. The van der Waals surface area contributed by atoms with E-state index in [1.807, 2.05) is 0 Å². The minimum atomic E-state index is -3.86. The van der Waals surface area contributed by atoms with Crippen LogP contribution in [0.5, 0.6) is 0 Å². The zero-order valence-corrected chi connectivity index (χ0v) is 16.6. The van der Waals surface area contributed by atoms with E-state index >= 15 is 0 Å². The summed E-state index contributed by atoms with van der Waals surface area (Å²) < 4.78 is 43.1. The number of hydrogen-bond donors (Lipinski definition) is 1. The normalized spacial score (nSPS) is 17.4. The van der Waals surface area contributed by atoms with Gasteiger partial charge in [0.1, 0.15) is 16.5 Å². The highest BCUT2D eigenvalue weighted by atomic mass is 32.2. The predicted molar refractivity (Wildman–Crippen MR) is 104 cm³/mol. The molecular weight excluding hydrogens is 399 g/mol. The van der Waals surface area contributed by atoms with Crippen molar-refractivity contribution in [1.29, 1.82) is 0 Å². The summed E-state index contributed by atoms with van der Waals surface area (Å²) in [7, 11) is -0.561. The van der Waals surface area contributed by atoms with Gasteiger partial charge in [0.15, 0.2) is 5.65 Å². The smallest absolute Gasteiger partial charge is 0.253 e. The maximum atomic E-state index is 13.9. The molecule has 3 aromatic rings. The van der Waals surface area contributed by atoms with Gasteiger partial charge in [-0.25, -0.2) is 27.0 Å². The van der Waals surface area contributed by atoms with Crippen molar-refractivity contribution in [3.8, 4) is 0 Å². The van der Waals surface area contributed by atoms with Gasteiger partial charge in [0.2, 0.25) is 10.0 Å². The van der Waals surface area contributed by atoms with Crippen molar-refractivity contribution in [2.45, 2.75) is 11.4 Å². The number of nitrogens with zero attached hydrogens (tertiary/aromatic N) is 5. The van der Waals surface area contributed by atoms with Crippen molar-refractivity contribution in [3.63, 3.8) is 0 Å². The van der Waals surface area contributed by atoms with Gasteiger partial charge in [0.05, 0.1) is 6.20 Å². The zero-order chi connectivity index (χ0) is 20.8. The molecule has 152 valence electrons. The van der Waals surface area contributed by atoms with Crippen LogP contribution in [-0.2, 0) is 16.6 Å². The lowest BCUT2D eigenvalue weighted by molar-refractivity contribution is 0.0796. The van der Waals surface area contributed by atoms with Crippen molar-refractivity contribution in [3.05, 3.63) is 53.6 Å². The van der Waals surface area contributed by atoms with Crippen LogP contribution in [0.2, 0.25) is 0 Å². The number of halogens is 1. The Morgan fingerprint density at radius 2 is 1.97 bits per heavy atom. The summed E-state index contributed by atoms with van der Waals surface area (Å²) in [4.78, 5) is 20.3. The summed E-state index contributed by atoms with van der Waals surface area (Å²) in [6.07, 6.45) is 2.84. The lowest BCUT2D eigenvalue weighted by atomic mass is 10.1. The summed E-state index contributed by atoms with van der Waals surface area (Å²) in [5.74, 6) is -0.301. The number of anilines is 1. The molecule has 4 rings (SSSR count). The van der Waals surface area contributed by atoms with Crippen molar-refractivity contribution < 1.29 is 17.6 Å². The summed E-state index contributed by atoms with van der Waals surface area (Å²) in [5, 5.41) is 4.05. The molecule has 3 heterocycles. The van der Waals surface area contributed by atoms with Crippen molar-refractivity contribution in [2.24, 2.45) is 0 Å². The maximum Gasteiger partial charge on any atom is 0.253 e. The molecule has 0 saturated heterocycles. The van der Waals surface area contributed by atoms with Crippen LogP contribution in [0.3, 0.4) is 0 Å². The van der Waals surface area contributed by atoms with Crippen LogP contribution >= 0.6 is 0 Å². The van der Waals surface area contributed by atoms with Crippen LogP contribution in [0, 0.1) is 5.82 Å². The average Bonchev–Trinajstić information content (AvgIpc) is 3.11. The van der Waals surface area contributed by atoms with Gasteiger partial charge < -0.3 is 9.80 Å². The Labute approximate surface area is 166 Å². The first-order valence-corrected chi connectivity index (χ1v) is 10.3. The molecule has 11 heteroatoms. The number of hydrogen-bond acceptors (Lipinski definition) is 6. The highest BCUT2D eigenvalue weighted by Gasteiger charge is 2.24. The lowest BCUT2D eigenvalue weighted by Gasteiger charge is -2.23. The van der Waals surface area contributed by atoms with Crippen molar-refractivity contribution in [2.75, 3.05) is 32.1 Å². The summed E-state index contributed by atoms with van der Waals surface area (Å²) in [6.45, 7) is 0.366. The minimum absolute atomic E-state index is 0.0119. The Kier molecular flexibility index (Phi) is 4.71. The highest BCUT2D eigenvalue weighted by molar-refractivity contribution is 7.89. The number of aromatic nitrogens is 3. The molecule has 1 aliphatic heterocycles. The Bertz CT molecular complexity index is 1210. The van der Waals surface area contributed by atoms with Gasteiger partial charge in [0, 0.05) is 45.5 Å². The third kappa shape index (κ3) is 3.54.